The molecule has 1 atom stereocenters. The van der Waals surface area contributed by atoms with Crippen LogP contribution < -0.4 is 0 Å². The van der Waals surface area contributed by atoms with Gasteiger partial charge in [0.25, 0.3) is 0 Å². The van der Waals surface area contributed by atoms with Crippen molar-refractivity contribution >= 4 is 17.9 Å². The number of rotatable bonds is 11. The molecule has 0 aliphatic heterocycles. The van der Waals surface area contributed by atoms with Gasteiger partial charge in [-0.3, -0.25) is 9.59 Å². The highest BCUT2D eigenvalue weighted by molar-refractivity contribution is 5.81. The first-order valence-corrected chi connectivity index (χ1v) is 10.1. The van der Waals surface area contributed by atoms with Gasteiger partial charge in [0, 0.05) is 6.08 Å². The van der Waals surface area contributed by atoms with Crippen LogP contribution in [0.5, 0.6) is 0 Å². The lowest BCUT2D eigenvalue weighted by molar-refractivity contribution is -0.148. The van der Waals surface area contributed by atoms with Gasteiger partial charge in [0.1, 0.15) is 6.10 Å². The highest BCUT2D eigenvalue weighted by Crippen LogP contribution is 2.28. The van der Waals surface area contributed by atoms with Crippen molar-refractivity contribution in [2.24, 2.45) is 11.8 Å². The molecule has 6 nitrogen and oxygen atoms in total. The molecule has 1 fully saturated rings. The van der Waals surface area contributed by atoms with Crippen LogP contribution in [0.25, 0.3) is 0 Å². The number of carbonyl (C=O) groups excluding carboxylic acids is 1. The first-order chi connectivity index (χ1) is 12.8. The molecule has 27 heavy (non-hydrogen) atoms. The van der Waals surface area contributed by atoms with Crippen LogP contribution in [0.2, 0.25) is 0 Å². The van der Waals surface area contributed by atoms with Gasteiger partial charge in [-0.15, -0.1) is 0 Å². The highest BCUT2D eigenvalue weighted by Gasteiger charge is 2.29. The highest BCUT2D eigenvalue weighted by atomic mass is 16.5. The van der Waals surface area contributed by atoms with Crippen LogP contribution >= 0.6 is 0 Å². The van der Waals surface area contributed by atoms with Crippen LogP contribution in [0.15, 0.2) is 12.7 Å². The molecule has 6 heteroatoms. The summed E-state index contributed by atoms with van der Waals surface area (Å²) in [5.74, 6) is -2.52. The van der Waals surface area contributed by atoms with Crippen molar-refractivity contribution in [2.75, 3.05) is 0 Å². The monoisotopic (exact) mass is 384 g/mol. The van der Waals surface area contributed by atoms with Crippen LogP contribution in [-0.2, 0) is 19.1 Å². The summed E-state index contributed by atoms with van der Waals surface area (Å²) in [6, 6.07) is 0. The first kappa shape index (κ1) is 25.1. The maximum absolute atomic E-state index is 11.0. The van der Waals surface area contributed by atoms with Crippen molar-refractivity contribution in [1.29, 1.82) is 0 Å². The van der Waals surface area contributed by atoms with Crippen molar-refractivity contribution < 1.29 is 29.3 Å². The van der Waals surface area contributed by atoms with E-state index < -0.39 is 11.9 Å². The fraction of sp³-hybridized carbons (Fsp3) is 0.762. The van der Waals surface area contributed by atoms with E-state index in [-0.39, 0.29) is 23.9 Å². The maximum Gasteiger partial charge on any atom is 0.330 e. The van der Waals surface area contributed by atoms with Crippen molar-refractivity contribution in [3.8, 4) is 0 Å². The number of carboxylic acid groups (broad SMARTS) is 2. The minimum Gasteiger partial charge on any atom is -0.481 e. The lowest BCUT2D eigenvalue weighted by atomic mass is 9.82. The number of aliphatic carboxylic acids is 2. The second-order valence-corrected chi connectivity index (χ2v) is 7.10. The second kappa shape index (κ2) is 15.2. The Hall–Kier alpha value is -1.85. The topological polar surface area (TPSA) is 101 Å². The average molecular weight is 385 g/mol. The minimum absolute atomic E-state index is 0.0807. The SMILES string of the molecule is C=CC(=O)OC(CC)CCCCCCC.O=C(O)C1CCC(C(=O)O)CC1. The average Bonchev–Trinajstić information content (AvgIpc) is 2.67. The zero-order valence-corrected chi connectivity index (χ0v) is 16.8. The number of carbonyl (C=O) groups is 3. The third-order valence-electron chi connectivity index (χ3n) is 4.96. The molecule has 1 unspecified atom stereocenters. The van der Waals surface area contributed by atoms with Gasteiger partial charge < -0.3 is 14.9 Å². The van der Waals surface area contributed by atoms with Gasteiger partial charge >= 0.3 is 17.9 Å². The number of esters is 1. The van der Waals surface area contributed by atoms with Crippen molar-refractivity contribution in [1.82, 2.24) is 0 Å². The van der Waals surface area contributed by atoms with Gasteiger partial charge in [-0.05, 0) is 44.9 Å². The molecule has 1 saturated carbocycles. The number of unbranched alkanes of at least 4 members (excludes halogenated alkanes) is 4. The van der Waals surface area contributed by atoms with Crippen LogP contribution in [0.1, 0.15) is 84.5 Å². The van der Waals surface area contributed by atoms with E-state index in [1.165, 1.54) is 31.8 Å². The Balaban J connectivity index is 0.000000511. The molecule has 0 radical (unpaired) electrons. The third kappa shape index (κ3) is 12.2. The molecule has 0 bridgehead atoms. The summed E-state index contributed by atoms with van der Waals surface area (Å²) >= 11 is 0. The van der Waals surface area contributed by atoms with Gasteiger partial charge in [0.2, 0.25) is 0 Å². The van der Waals surface area contributed by atoms with Crippen molar-refractivity contribution in [3.63, 3.8) is 0 Å². The lowest BCUT2D eigenvalue weighted by Crippen LogP contribution is -2.25. The zero-order valence-electron chi connectivity index (χ0n) is 16.8. The smallest absolute Gasteiger partial charge is 0.330 e. The summed E-state index contributed by atoms with van der Waals surface area (Å²) in [7, 11) is 0. The molecule has 0 aromatic carbocycles. The number of carboxylic acids is 2. The summed E-state index contributed by atoms with van der Waals surface area (Å²) in [5.41, 5.74) is 0. The molecule has 0 aromatic heterocycles. The van der Waals surface area contributed by atoms with Crippen molar-refractivity contribution in [3.05, 3.63) is 12.7 Å². The summed E-state index contributed by atoms with van der Waals surface area (Å²) in [5, 5.41) is 17.2. The molecule has 0 amide bonds. The van der Waals surface area contributed by atoms with E-state index in [0.29, 0.717) is 25.7 Å². The molecule has 1 rings (SSSR count). The Morgan fingerprint density at radius 1 is 0.963 bits per heavy atom. The van der Waals surface area contributed by atoms with Gasteiger partial charge in [-0.1, -0.05) is 46.1 Å². The van der Waals surface area contributed by atoms with E-state index in [9.17, 15) is 14.4 Å². The Kier molecular flexibility index (Phi) is 14.2. The number of hydrogen-bond donors (Lipinski definition) is 2. The second-order valence-electron chi connectivity index (χ2n) is 7.10. The fourth-order valence-corrected chi connectivity index (χ4v) is 3.12. The largest absolute Gasteiger partial charge is 0.481 e. The number of ether oxygens (including phenoxy) is 1. The molecule has 0 aromatic rings. The third-order valence-corrected chi connectivity index (χ3v) is 4.96. The molecule has 2 N–H and O–H groups in total. The quantitative estimate of drug-likeness (QED) is 0.301. The zero-order chi connectivity index (χ0) is 20.7. The van der Waals surface area contributed by atoms with Gasteiger partial charge in [0.05, 0.1) is 11.8 Å². The molecular weight excluding hydrogens is 348 g/mol. The predicted octanol–water partition coefficient (Wildman–Crippen LogP) is 4.82. The minimum atomic E-state index is -0.793. The molecule has 0 spiro atoms. The van der Waals surface area contributed by atoms with E-state index in [1.54, 1.807) is 0 Å². The normalized spacial score (nSPS) is 19.9. The summed E-state index contributed by atoms with van der Waals surface area (Å²) in [6.07, 6.45) is 11.5. The lowest BCUT2D eigenvalue weighted by Gasteiger charge is -2.22. The summed E-state index contributed by atoms with van der Waals surface area (Å²) < 4.78 is 5.20. The molecule has 156 valence electrons. The molecule has 1 aliphatic carbocycles. The van der Waals surface area contributed by atoms with Crippen LogP contribution in [0.4, 0.5) is 0 Å². The van der Waals surface area contributed by atoms with Crippen LogP contribution in [0, 0.1) is 11.8 Å². The predicted molar refractivity (Wildman–Crippen MR) is 104 cm³/mol. The Morgan fingerprint density at radius 3 is 1.81 bits per heavy atom. The van der Waals surface area contributed by atoms with E-state index >= 15 is 0 Å². The van der Waals surface area contributed by atoms with Gasteiger partial charge in [-0.25, -0.2) is 4.79 Å². The van der Waals surface area contributed by atoms with Crippen LogP contribution in [0.3, 0.4) is 0 Å². The first-order valence-electron chi connectivity index (χ1n) is 10.1. The van der Waals surface area contributed by atoms with Crippen LogP contribution in [-0.4, -0.2) is 34.2 Å². The van der Waals surface area contributed by atoms with E-state index in [1.807, 2.05) is 6.92 Å². The molecule has 0 heterocycles. The standard InChI is InChI=1S/C13H24O2.C8H12O4/c1-4-7-8-9-10-11-12(5-2)15-13(14)6-3;9-7(10)5-1-2-6(4-3-5)8(11)12/h6,12H,3-5,7-11H2,1-2H3;5-6H,1-4H2,(H,9,10)(H,11,12). The summed E-state index contributed by atoms with van der Waals surface area (Å²) in [6.45, 7) is 7.65. The Labute approximate surface area is 163 Å². The molecule has 1 aliphatic rings. The fourth-order valence-electron chi connectivity index (χ4n) is 3.12. The molecule has 0 saturated heterocycles. The van der Waals surface area contributed by atoms with E-state index in [2.05, 4.69) is 13.5 Å². The van der Waals surface area contributed by atoms with E-state index in [0.717, 1.165) is 19.3 Å². The summed E-state index contributed by atoms with van der Waals surface area (Å²) in [4.78, 5) is 31.9. The van der Waals surface area contributed by atoms with E-state index in [4.69, 9.17) is 14.9 Å². The Bertz CT molecular complexity index is 430. The van der Waals surface area contributed by atoms with Gasteiger partial charge in [-0.2, -0.15) is 0 Å². The Morgan fingerprint density at radius 2 is 1.44 bits per heavy atom. The molecular formula is C21H36O6. The van der Waals surface area contributed by atoms with Gasteiger partial charge in [0.15, 0.2) is 0 Å². The maximum atomic E-state index is 11.0. The number of hydrogen-bond acceptors (Lipinski definition) is 4. The van der Waals surface area contributed by atoms with Crippen molar-refractivity contribution in [2.45, 2.75) is 90.6 Å².